The molecule has 2 heteroatoms. The molecule has 0 aromatic heterocycles. The van der Waals surface area contributed by atoms with Gasteiger partial charge in [-0.1, -0.05) is 6.92 Å². The third-order valence-corrected chi connectivity index (χ3v) is 2.94. The van der Waals surface area contributed by atoms with Gasteiger partial charge in [0, 0.05) is 18.3 Å². The molecule has 1 fully saturated rings. The lowest BCUT2D eigenvalue weighted by molar-refractivity contribution is 0.437. The topological polar surface area (TPSA) is 27.0 Å². The quantitative estimate of drug-likeness (QED) is 0.709. The molecule has 0 aliphatic carbocycles. The van der Waals surface area contributed by atoms with Gasteiger partial charge in [-0.2, -0.15) is 5.26 Å². The van der Waals surface area contributed by atoms with Crippen LogP contribution in [0.4, 0.5) is 5.69 Å². The predicted octanol–water partition coefficient (Wildman–Crippen LogP) is 2.55. The molecule has 0 spiro atoms. The molecule has 1 aliphatic heterocycles. The lowest BCUT2D eigenvalue weighted by atomic mass is 9.99. The van der Waals surface area contributed by atoms with Gasteiger partial charge in [0.2, 0.25) is 0 Å². The maximum Gasteiger partial charge on any atom is 0.0991 e. The number of benzene rings is 1. The summed E-state index contributed by atoms with van der Waals surface area (Å²) in [6, 6.07) is 10.7. The number of rotatable bonds is 2. The van der Waals surface area contributed by atoms with E-state index in [-0.39, 0.29) is 0 Å². The fourth-order valence-electron chi connectivity index (χ4n) is 1.93. The molecule has 1 aromatic rings. The number of nitriles is 1. The van der Waals surface area contributed by atoms with Crippen LogP contribution >= 0.6 is 0 Å². The summed E-state index contributed by atoms with van der Waals surface area (Å²) in [6.45, 7) is 3.38. The van der Waals surface area contributed by atoms with E-state index in [2.05, 4.69) is 17.9 Å². The molecule has 0 N–H and O–H groups in total. The summed E-state index contributed by atoms with van der Waals surface area (Å²) in [7, 11) is 0. The smallest absolute Gasteiger partial charge is 0.0991 e. The standard InChI is InChI=1S/C12H14N2/c1-2-11-7-8-14(11)12-5-3-10(9-13)4-6-12/h3-6,11H,2,7-8H2,1H3. The zero-order valence-corrected chi connectivity index (χ0v) is 8.40. The first-order valence-electron chi connectivity index (χ1n) is 5.12. The van der Waals surface area contributed by atoms with Gasteiger partial charge in [-0.15, -0.1) is 0 Å². The van der Waals surface area contributed by atoms with Crippen LogP contribution in [0.1, 0.15) is 25.3 Å². The van der Waals surface area contributed by atoms with Crippen LogP contribution in [0.5, 0.6) is 0 Å². The van der Waals surface area contributed by atoms with Gasteiger partial charge in [-0.25, -0.2) is 0 Å². The molecule has 1 aliphatic rings. The largest absolute Gasteiger partial charge is 0.368 e. The Hall–Kier alpha value is -1.49. The highest BCUT2D eigenvalue weighted by atomic mass is 15.2. The normalized spacial score (nSPS) is 20.0. The van der Waals surface area contributed by atoms with Crippen LogP contribution < -0.4 is 4.90 Å². The molecular weight excluding hydrogens is 172 g/mol. The summed E-state index contributed by atoms with van der Waals surface area (Å²) < 4.78 is 0. The monoisotopic (exact) mass is 186 g/mol. The van der Waals surface area contributed by atoms with Crippen LogP contribution in [-0.2, 0) is 0 Å². The Kier molecular flexibility index (Phi) is 2.41. The van der Waals surface area contributed by atoms with E-state index in [0.717, 1.165) is 12.1 Å². The molecule has 0 saturated carbocycles. The van der Waals surface area contributed by atoms with Crippen LogP contribution in [0.3, 0.4) is 0 Å². The molecule has 2 rings (SSSR count). The number of anilines is 1. The Balaban J connectivity index is 2.14. The third-order valence-electron chi connectivity index (χ3n) is 2.94. The molecule has 14 heavy (non-hydrogen) atoms. The Morgan fingerprint density at radius 3 is 2.57 bits per heavy atom. The lowest BCUT2D eigenvalue weighted by Gasteiger charge is -2.42. The molecular formula is C12H14N2. The molecule has 1 aromatic carbocycles. The first-order chi connectivity index (χ1) is 6.85. The zero-order valence-electron chi connectivity index (χ0n) is 8.40. The van der Waals surface area contributed by atoms with E-state index in [1.54, 1.807) is 0 Å². The SMILES string of the molecule is CCC1CCN1c1ccc(C#N)cc1. The van der Waals surface area contributed by atoms with Crippen molar-refractivity contribution in [2.45, 2.75) is 25.8 Å². The summed E-state index contributed by atoms with van der Waals surface area (Å²) in [5.74, 6) is 0. The van der Waals surface area contributed by atoms with Gasteiger partial charge in [0.05, 0.1) is 11.6 Å². The minimum absolute atomic E-state index is 0.711. The molecule has 0 radical (unpaired) electrons. The van der Waals surface area contributed by atoms with E-state index in [4.69, 9.17) is 5.26 Å². The van der Waals surface area contributed by atoms with Crippen LogP contribution in [0.2, 0.25) is 0 Å². The summed E-state index contributed by atoms with van der Waals surface area (Å²) in [5.41, 5.74) is 1.99. The van der Waals surface area contributed by atoms with Crippen LogP contribution in [0.25, 0.3) is 0 Å². The van der Waals surface area contributed by atoms with Crippen molar-refractivity contribution in [3.8, 4) is 6.07 Å². The minimum atomic E-state index is 0.711. The molecule has 1 saturated heterocycles. The second-order valence-electron chi connectivity index (χ2n) is 3.70. The Bertz CT molecular complexity index is 346. The Morgan fingerprint density at radius 1 is 1.43 bits per heavy atom. The second-order valence-corrected chi connectivity index (χ2v) is 3.70. The fraction of sp³-hybridized carbons (Fsp3) is 0.417. The fourth-order valence-corrected chi connectivity index (χ4v) is 1.93. The van der Waals surface area contributed by atoms with Crippen molar-refractivity contribution in [3.05, 3.63) is 29.8 Å². The van der Waals surface area contributed by atoms with Crippen molar-refractivity contribution >= 4 is 5.69 Å². The average molecular weight is 186 g/mol. The molecule has 1 heterocycles. The van der Waals surface area contributed by atoms with Crippen molar-refractivity contribution in [1.82, 2.24) is 0 Å². The highest BCUT2D eigenvalue weighted by molar-refractivity contribution is 5.52. The molecule has 2 nitrogen and oxygen atoms in total. The van der Waals surface area contributed by atoms with Gasteiger partial charge in [0.1, 0.15) is 0 Å². The summed E-state index contributed by atoms with van der Waals surface area (Å²) in [6.07, 6.45) is 2.51. The van der Waals surface area contributed by atoms with Crippen molar-refractivity contribution < 1.29 is 0 Å². The van der Waals surface area contributed by atoms with Crippen molar-refractivity contribution in [2.24, 2.45) is 0 Å². The molecule has 1 atom stereocenters. The van der Waals surface area contributed by atoms with Crippen molar-refractivity contribution in [3.63, 3.8) is 0 Å². The number of hydrogen-bond acceptors (Lipinski definition) is 2. The van der Waals surface area contributed by atoms with E-state index in [1.807, 2.05) is 24.3 Å². The molecule has 1 unspecified atom stereocenters. The highest BCUT2D eigenvalue weighted by Gasteiger charge is 2.25. The van der Waals surface area contributed by atoms with Gasteiger partial charge >= 0.3 is 0 Å². The third kappa shape index (κ3) is 1.46. The van der Waals surface area contributed by atoms with E-state index < -0.39 is 0 Å². The molecule has 0 bridgehead atoms. The van der Waals surface area contributed by atoms with Crippen LogP contribution in [-0.4, -0.2) is 12.6 Å². The molecule has 72 valence electrons. The van der Waals surface area contributed by atoms with Gasteiger partial charge in [0.15, 0.2) is 0 Å². The van der Waals surface area contributed by atoms with E-state index in [1.165, 1.54) is 18.5 Å². The van der Waals surface area contributed by atoms with Gasteiger partial charge in [-0.3, -0.25) is 0 Å². The van der Waals surface area contributed by atoms with E-state index in [9.17, 15) is 0 Å². The van der Waals surface area contributed by atoms with Crippen LogP contribution in [0.15, 0.2) is 24.3 Å². The first-order valence-corrected chi connectivity index (χ1v) is 5.12. The van der Waals surface area contributed by atoms with Crippen LogP contribution in [0, 0.1) is 11.3 Å². The predicted molar refractivity (Wildman–Crippen MR) is 57.2 cm³/mol. The lowest BCUT2D eigenvalue weighted by Crippen LogP contribution is -2.47. The Morgan fingerprint density at radius 2 is 2.14 bits per heavy atom. The number of nitrogens with zero attached hydrogens (tertiary/aromatic N) is 2. The Labute approximate surface area is 84.8 Å². The maximum absolute atomic E-state index is 8.67. The minimum Gasteiger partial charge on any atom is -0.368 e. The highest BCUT2D eigenvalue weighted by Crippen LogP contribution is 2.28. The van der Waals surface area contributed by atoms with Gasteiger partial charge in [0.25, 0.3) is 0 Å². The zero-order chi connectivity index (χ0) is 9.97. The average Bonchev–Trinajstić information content (AvgIpc) is 2.18. The van der Waals surface area contributed by atoms with E-state index in [0.29, 0.717) is 6.04 Å². The second kappa shape index (κ2) is 3.71. The summed E-state index contributed by atoms with van der Waals surface area (Å²) in [4.78, 5) is 2.40. The summed E-state index contributed by atoms with van der Waals surface area (Å²) in [5, 5.41) is 8.67. The number of hydrogen-bond donors (Lipinski definition) is 0. The van der Waals surface area contributed by atoms with Crippen molar-refractivity contribution in [2.75, 3.05) is 11.4 Å². The van der Waals surface area contributed by atoms with E-state index >= 15 is 0 Å². The van der Waals surface area contributed by atoms with Crippen molar-refractivity contribution in [1.29, 1.82) is 5.26 Å². The first kappa shape index (κ1) is 9.08. The summed E-state index contributed by atoms with van der Waals surface area (Å²) >= 11 is 0. The van der Waals surface area contributed by atoms with Gasteiger partial charge in [-0.05, 0) is 37.1 Å². The van der Waals surface area contributed by atoms with Gasteiger partial charge < -0.3 is 4.90 Å². The maximum atomic E-state index is 8.67. The molecule has 0 amide bonds.